The Morgan fingerprint density at radius 2 is 2.00 bits per heavy atom. The fourth-order valence-corrected chi connectivity index (χ4v) is 3.62. The molecule has 2 aromatic heterocycles. The van der Waals surface area contributed by atoms with Crippen molar-refractivity contribution >= 4 is 17.4 Å². The van der Waals surface area contributed by atoms with Crippen molar-refractivity contribution in [2.45, 2.75) is 31.8 Å². The lowest BCUT2D eigenvalue weighted by atomic mass is 10.1. The van der Waals surface area contributed by atoms with Gasteiger partial charge < -0.3 is 0 Å². The number of rotatable bonds is 4. The van der Waals surface area contributed by atoms with Crippen molar-refractivity contribution in [3.05, 3.63) is 52.1 Å². The standard InChI is InChI=1S/C17H18N4OS/c1-11-3-6-14(9-12(11)2)20-7-8-21-15(16(20)22)18-19-17(21)23-10-13-4-5-13/h3,6-9,13H,4-5,10H2,1-2H3. The van der Waals surface area contributed by atoms with Crippen LogP contribution in [0.2, 0.25) is 0 Å². The Labute approximate surface area is 138 Å². The fourth-order valence-electron chi connectivity index (χ4n) is 2.52. The molecule has 0 atom stereocenters. The first-order chi connectivity index (χ1) is 11.1. The monoisotopic (exact) mass is 326 g/mol. The van der Waals surface area contributed by atoms with E-state index in [-0.39, 0.29) is 5.56 Å². The molecule has 0 aliphatic heterocycles. The molecule has 0 spiro atoms. The van der Waals surface area contributed by atoms with Crippen LogP contribution in [0.15, 0.2) is 40.5 Å². The van der Waals surface area contributed by atoms with Crippen LogP contribution in [0, 0.1) is 19.8 Å². The Bertz CT molecular complexity index is 939. The van der Waals surface area contributed by atoms with Gasteiger partial charge in [-0.3, -0.25) is 13.8 Å². The molecule has 118 valence electrons. The molecule has 6 heteroatoms. The summed E-state index contributed by atoms with van der Waals surface area (Å²) in [7, 11) is 0. The summed E-state index contributed by atoms with van der Waals surface area (Å²) in [5.74, 6) is 1.87. The van der Waals surface area contributed by atoms with E-state index in [0.29, 0.717) is 5.65 Å². The fraction of sp³-hybridized carbons (Fsp3) is 0.353. The number of aryl methyl sites for hydroxylation is 2. The van der Waals surface area contributed by atoms with E-state index in [9.17, 15) is 4.79 Å². The molecule has 2 heterocycles. The van der Waals surface area contributed by atoms with E-state index >= 15 is 0 Å². The van der Waals surface area contributed by atoms with Gasteiger partial charge in [0.05, 0.1) is 0 Å². The Morgan fingerprint density at radius 3 is 2.74 bits per heavy atom. The third-order valence-corrected chi connectivity index (χ3v) is 5.53. The third kappa shape index (κ3) is 2.67. The largest absolute Gasteiger partial charge is 0.300 e. The maximum atomic E-state index is 12.7. The molecular weight excluding hydrogens is 308 g/mol. The summed E-state index contributed by atoms with van der Waals surface area (Å²) in [5, 5.41) is 9.09. The molecule has 4 rings (SSSR count). The summed E-state index contributed by atoms with van der Waals surface area (Å²) < 4.78 is 3.43. The minimum Gasteiger partial charge on any atom is -0.280 e. The molecule has 1 fully saturated rings. The summed E-state index contributed by atoms with van der Waals surface area (Å²) in [4.78, 5) is 12.7. The highest BCUT2D eigenvalue weighted by Gasteiger charge is 2.22. The number of thioether (sulfide) groups is 1. The SMILES string of the molecule is Cc1ccc(-n2ccn3c(SCC4CC4)nnc3c2=O)cc1C. The molecule has 0 unspecified atom stereocenters. The average Bonchev–Trinajstić information content (AvgIpc) is 3.28. The van der Waals surface area contributed by atoms with Gasteiger partial charge in [-0.25, -0.2) is 0 Å². The quantitative estimate of drug-likeness (QED) is 0.692. The van der Waals surface area contributed by atoms with Crippen LogP contribution < -0.4 is 5.56 Å². The molecule has 0 saturated heterocycles. The van der Waals surface area contributed by atoms with E-state index in [4.69, 9.17) is 0 Å². The van der Waals surface area contributed by atoms with Crippen LogP contribution in [0.3, 0.4) is 0 Å². The molecule has 23 heavy (non-hydrogen) atoms. The van der Waals surface area contributed by atoms with Crippen LogP contribution in [-0.2, 0) is 0 Å². The molecule has 3 aromatic rings. The van der Waals surface area contributed by atoms with Gasteiger partial charge in [0, 0.05) is 23.8 Å². The first-order valence-corrected chi connectivity index (χ1v) is 8.79. The van der Waals surface area contributed by atoms with Crippen LogP contribution in [0.5, 0.6) is 0 Å². The second-order valence-corrected chi connectivity index (χ2v) is 7.16. The first kappa shape index (κ1) is 14.5. The van der Waals surface area contributed by atoms with Gasteiger partial charge in [0.15, 0.2) is 5.16 Å². The molecule has 0 radical (unpaired) electrons. The Balaban J connectivity index is 1.75. The van der Waals surface area contributed by atoms with E-state index in [1.165, 1.54) is 18.4 Å². The zero-order valence-electron chi connectivity index (χ0n) is 13.2. The predicted molar refractivity (Wildman–Crippen MR) is 91.5 cm³/mol. The van der Waals surface area contributed by atoms with Gasteiger partial charge in [-0.1, -0.05) is 17.8 Å². The minimum atomic E-state index is -0.137. The maximum absolute atomic E-state index is 12.7. The zero-order valence-corrected chi connectivity index (χ0v) is 14.0. The molecule has 1 aliphatic rings. The van der Waals surface area contributed by atoms with Gasteiger partial charge in [-0.15, -0.1) is 10.2 Å². The number of fused-ring (bicyclic) bond motifs is 1. The first-order valence-electron chi connectivity index (χ1n) is 7.80. The lowest BCUT2D eigenvalue weighted by molar-refractivity contribution is 0.886. The van der Waals surface area contributed by atoms with Crippen molar-refractivity contribution in [2.24, 2.45) is 5.92 Å². The van der Waals surface area contributed by atoms with Crippen LogP contribution in [-0.4, -0.2) is 24.9 Å². The van der Waals surface area contributed by atoms with E-state index in [2.05, 4.69) is 17.1 Å². The average molecular weight is 326 g/mol. The predicted octanol–water partition coefficient (Wildman–Crippen LogP) is 3.00. The van der Waals surface area contributed by atoms with Gasteiger partial charge in [-0.2, -0.15) is 0 Å². The van der Waals surface area contributed by atoms with Gasteiger partial charge in [0.1, 0.15) is 0 Å². The van der Waals surface area contributed by atoms with Gasteiger partial charge in [-0.05, 0) is 55.9 Å². The number of hydrogen-bond acceptors (Lipinski definition) is 4. The highest BCUT2D eigenvalue weighted by Crippen LogP contribution is 2.34. The third-order valence-electron chi connectivity index (χ3n) is 4.35. The van der Waals surface area contributed by atoms with Gasteiger partial charge in [0.2, 0.25) is 5.65 Å². The topological polar surface area (TPSA) is 52.2 Å². The van der Waals surface area contributed by atoms with Crippen LogP contribution in [0.25, 0.3) is 11.3 Å². The van der Waals surface area contributed by atoms with Gasteiger partial charge >= 0.3 is 5.56 Å². The number of nitrogens with zero attached hydrogens (tertiary/aromatic N) is 4. The lowest BCUT2D eigenvalue weighted by Gasteiger charge is -2.08. The van der Waals surface area contributed by atoms with E-state index in [1.54, 1.807) is 26.9 Å². The molecule has 1 saturated carbocycles. The summed E-state index contributed by atoms with van der Waals surface area (Å²) >= 11 is 1.68. The van der Waals surface area contributed by atoms with E-state index in [1.807, 2.05) is 31.3 Å². The summed E-state index contributed by atoms with van der Waals surface area (Å²) in [5.41, 5.74) is 3.47. The van der Waals surface area contributed by atoms with Crippen LogP contribution in [0.1, 0.15) is 24.0 Å². The second kappa shape index (κ2) is 5.53. The molecular formula is C17H18N4OS. The van der Waals surface area contributed by atoms with Crippen molar-refractivity contribution < 1.29 is 0 Å². The normalized spacial score (nSPS) is 14.5. The maximum Gasteiger partial charge on any atom is 0.300 e. The number of aromatic nitrogens is 4. The summed E-state index contributed by atoms with van der Waals surface area (Å²) in [6.45, 7) is 4.11. The molecule has 5 nitrogen and oxygen atoms in total. The number of hydrogen-bond donors (Lipinski definition) is 0. The molecule has 0 N–H and O–H groups in total. The Kier molecular flexibility index (Phi) is 3.49. The van der Waals surface area contributed by atoms with E-state index < -0.39 is 0 Å². The Morgan fingerprint density at radius 1 is 1.17 bits per heavy atom. The highest BCUT2D eigenvalue weighted by atomic mass is 32.2. The summed E-state index contributed by atoms with van der Waals surface area (Å²) in [6.07, 6.45) is 6.29. The highest BCUT2D eigenvalue weighted by molar-refractivity contribution is 7.99. The van der Waals surface area contributed by atoms with Crippen molar-refractivity contribution in [1.82, 2.24) is 19.2 Å². The minimum absolute atomic E-state index is 0.137. The number of benzene rings is 1. The van der Waals surface area contributed by atoms with Crippen molar-refractivity contribution in [1.29, 1.82) is 0 Å². The lowest BCUT2D eigenvalue weighted by Crippen LogP contribution is -2.20. The molecule has 0 amide bonds. The van der Waals surface area contributed by atoms with Crippen molar-refractivity contribution in [2.75, 3.05) is 5.75 Å². The smallest absolute Gasteiger partial charge is 0.280 e. The molecule has 1 aliphatic carbocycles. The Hall–Kier alpha value is -2.08. The van der Waals surface area contributed by atoms with E-state index in [0.717, 1.165) is 28.1 Å². The van der Waals surface area contributed by atoms with Crippen LogP contribution >= 0.6 is 11.8 Å². The van der Waals surface area contributed by atoms with Gasteiger partial charge in [0.25, 0.3) is 0 Å². The molecule has 0 bridgehead atoms. The van der Waals surface area contributed by atoms with Crippen molar-refractivity contribution in [3.8, 4) is 5.69 Å². The van der Waals surface area contributed by atoms with Crippen molar-refractivity contribution in [3.63, 3.8) is 0 Å². The zero-order chi connectivity index (χ0) is 16.0. The molecule has 1 aromatic carbocycles. The van der Waals surface area contributed by atoms with Crippen LogP contribution in [0.4, 0.5) is 0 Å². The second-order valence-electron chi connectivity index (χ2n) is 6.17. The summed E-state index contributed by atoms with van der Waals surface area (Å²) in [6, 6.07) is 6.01.